The molecule has 312 valence electrons. The predicted octanol–water partition coefficient (Wildman–Crippen LogP) is 2.53. The Morgan fingerprint density at radius 3 is 2.23 bits per heavy atom. The molecule has 6 amide bonds. The fraction of sp³-hybridized carbons (Fsp3) is 0.634. The van der Waals surface area contributed by atoms with Crippen LogP contribution >= 0.6 is 0 Å². The number of hydrogen-bond donors (Lipinski definition) is 3. The van der Waals surface area contributed by atoms with Gasteiger partial charge in [-0.2, -0.15) is 0 Å². The van der Waals surface area contributed by atoms with Crippen molar-refractivity contribution < 1.29 is 47.1 Å². The maximum Gasteiger partial charge on any atom is 0.328 e. The summed E-state index contributed by atoms with van der Waals surface area (Å²) in [5, 5.41) is 7.89. The summed E-state index contributed by atoms with van der Waals surface area (Å²) in [6, 6.07) is -4.35. The van der Waals surface area contributed by atoms with Crippen LogP contribution < -0.4 is 16.0 Å². The number of carbonyl (C=O) groups excluding carboxylic acids is 7. The first-order valence-electron chi connectivity index (χ1n) is 20.2. The number of cyclic esters (lactones) is 1. The molecule has 1 aliphatic carbocycles. The average molecular weight is 799 g/mol. The van der Waals surface area contributed by atoms with Gasteiger partial charge in [-0.15, -0.1) is 0 Å². The van der Waals surface area contributed by atoms with Crippen LogP contribution in [0.15, 0.2) is 30.4 Å². The van der Waals surface area contributed by atoms with Crippen LogP contribution in [0.3, 0.4) is 0 Å². The molecule has 0 spiro atoms. The molecule has 0 bridgehead atoms. The van der Waals surface area contributed by atoms with Crippen molar-refractivity contribution in [1.82, 2.24) is 30.7 Å². The Hall–Kier alpha value is -4.89. The summed E-state index contributed by atoms with van der Waals surface area (Å²) in [6.45, 7) is 4.50. The number of benzene rings is 1. The quantitative estimate of drug-likeness (QED) is 0.279. The largest absolute Gasteiger partial charge is 0.461 e. The van der Waals surface area contributed by atoms with Crippen molar-refractivity contribution in [2.24, 2.45) is 11.8 Å². The van der Waals surface area contributed by atoms with Crippen LogP contribution in [0.25, 0.3) is 0 Å². The van der Waals surface area contributed by atoms with Crippen molar-refractivity contribution in [3.05, 3.63) is 47.5 Å². The molecule has 4 aliphatic rings. The highest BCUT2D eigenvalue weighted by atomic mass is 19.1. The predicted molar refractivity (Wildman–Crippen MR) is 204 cm³/mol. The van der Waals surface area contributed by atoms with Gasteiger partial charge in [0.15, 0.2) is 0 Å². The second-order valence-electron chi connectivity index (χ2n) is 16.1. The molecule has 3 heterocycles. The summed E-state index contributed by atoms with van der Waals surface area (Å²) in [7, 11) is 1.43. The van der Waals surface area contributed by atoms with Crippen LogP contribution in [0, 0.1) is 23.5 Å². The standard InChI is InChI=1S/C41H56F2N6O8/c1-24-17-34-41(56)57-23-32(39(54)48-16-10-13-33(48)40(55)47(4)26(3)36(51)44-25(2)38(53)49(34)22-24)46-37(52)31(20-28-18-29(42)21-30(43)19-28)45-35(50)15-14-27-11-8-6-5-7-9-12-27/h14-15,18-19,21,24-27,31-34H,5-13,16-17,20,22-23H2,1-4H3,(H,44,51)(H,45,50)(H,46,52)/t24-,25+,26+,31+,32+,33+,34+/m1/s1. The fourth-order valence-corrected chi connectivity index (χ4v) is 8.25. The first-order valence-corrected chi connectivity index (χ1v) is 20.2. The average Bonchev–Trinajstić information content (AvgIpc) is 3.80. The van der Waals surface area contributed by atoms with Gasteiger partial charge in [0.2, 0.25) is 35.4 Å². The number of amides is 6. The van der Waals surface area contributed by atoms with E-state index in [4.69, 9.17) is 4.74 Å². The Balaban J connectivity index is 1.44. The molecule has 4 fully saturated rings. The maximum absolute atomic E-state index is 14.4. The number of halogens is 2. The van der Waals surface area contributed by atoms with E-state index < -0.39 is 95.9 Å². The van der Waals surface area contributed by atoms with Gasteiger partial charge < -0.3 is 35.4 Å². The van der Waals surface area contributed by atoms with Crippen molar-refractivity contribution in [1.29, 1.82) is 0 Å². The molecule has 7 atom stereocenters. The highest BCUT2D eigenvalue weighted by molar-refractivity contribution is 5.98. The number of hydrogen-bond acceptors (Lipinski definition) is 8. The molecule has 3 saturated heterocycles. The Bertz CT molecular complexity index is 1700. The van der Waals surface area contributed by atoms with Gasteiger partial charge in [0.1, 0.15) is 54.5 Å². The number of nitrogens with zero attached hydrogens (tertiary/aromatic N) is 3. The maximum atomic E-state index is 14.4. The van der Waals surface area contributed by atoms with E-state index in [-0.39, 0.29) is 49.8 Å². The highest BCUT2D eigenvalue weighted by Crippen LogP contribution is 2.27. The monoisotopic (exact) mass is 798 g/mol. The number of nitrogens with one attached hydrogen (secondary N) is 3. The van der Waals surface area contributed by atoms with E-state index in [9.17, 15) is 42.3 Å². The fourth-order valence-electron chi connectivity index (χ4n) is 8.25. The van der Waals surface area contributed by atoms with Crippen LogP contribution in [0.4, 0.5) is 8.78 Å². The highest BCUT2D eigenvalue weighted by Gasteiger charge is 2.44. The van der Waals surface area contributed by atoms with Crippen LogP contribution in [-0.4, -0.2) is 119 Å². The van der Waals surface area contributed by atoms with Gasteiger partial charge in [-0.25, -0.2) is 13.6 Å². The lowest BCUT2D eigenvalue weighted by Crippen LogP contribution is -2.60. The number of rotatable bonds is 7. The van der Waals surface area contributed by atoms with Crippen molar-refractivity contribution in [3.8, 4) is 0 Å². The first-order chi connectivity index (χ1) is 27.1. The zero-order chi connectivity index (χ0) is 41.4. The summed E-state index contributed by atoms with van der Waals surface area (Å²) < 4.78 is 34.2. The number of esters is 1. The molecule has 3 aliphatic heterocycles. The molecule has 0 radical (unpaired) electrons. The third-order valence-electron chi connectivity index (χ3n) is 11.6. The van der Waals surface area contributed by atoms with Gasteiger partial charge in [-0.1, -0.05) is 45.1 Å². The van der Waals surface area contributed by atoms with E-state index in [0.29, 0.717) is 12.5 Å². The molecular formula is C41H56F2N6O8. The molecule has 1 saturated carbocycles. The van der Waals surface area contributed by atoms with Gasteiger partial charge in [-0.3, -0.25) is 28.8 Å². The Morgan fingerprint density at radius 2 is 1.54 bits per heavy atom. The van der Waals surface area contributed by atoms with Gasteiger partial charge in [0.05, 0.1) is 0 Å². The Morgan fingerprint density at radius 1 is 0.877 bits per heavy atom. The van der Waals surface area contributed by atoms with E-state index in [0.717, 1.165) is 50.7 Å². The lowest BCUT2D eigenvalue weighted by atomic mass is 9.91. The minimum Gasteiger partial charge on any atom is -0.461 e. The normalized spacial score (nSPS) is 28.0. The Kier molecular flexibility index (Phi) is 14.8. The number of allylic oxidation sites excluding steroid dienone is 1. The van der Waals surface area contributed by atoms with E-state index in [1.165, 1.54) is 48.1 Å². The summed E-state index contributed by atoms with van der Waals surface area (Å²) in [4.78, 5) is 99.9. The topological polar surface area (TPSA) is 175 Å². The molecule has 1 aromatic carbocycles. The molecule has 16 heteroatoms. The smallest absolute Gasteiger partial charge is 0.328 e. The summed E-state index contributed by atoms with van der Waals surface area (Å²) in [5.74, 6) is -6.46. The lowest BCUT2D eigenvalue weighted by molar-refractivity contribution is -0.158. The second kappa shape index (κ2) is 19.5. The van der Waals surface area contributed by atoms with Gasteiger partial charge in [0.25, 0.3) is 0 Å². The van der Waals surface area contributed by atoms with E-state index >= 15 is 0 Å². The molecule has 5 rings (SSSR count). The molecule has 1 aromatic rings. The van der Waals surface area contributed by atoms with Gasteiger partial charge in [0, 0.05) is 32.6 Å². The Labute approximate surface area is 332 Å². The second-order valence-corrected chi connectivity index (χ2v) is 16.1. The van der Waals surface area contributed by atoms with E-state index in [1.54, 1.807) is 0 Å². The first kappa shape index (κ1) is 43.2. The van der Waals surface area contributed by atoms with Crippen molar-refractivity contribution in [2.75, 3.05) is 26.7 Å². The molecule has 3 N–H and O–H groups in total. The van der Waals surface area contributed by atoms with Crippen LogP contribution in [0.2, 0.25) is 0 Å². The third-order valence-corrected chi connectivity index (χ3v) is 11.6. The molecule has 14 nitrogen and oxygen atoms in total. The van der Waals surface area contributed by atoms with Gasteiger partial charge in [-0.05, 0) is 81.6 Å². The number of likely N-dealkylation sites (N-methyl/N-ethyl adjacent to an activating group) is 1. The number of carbonyl (C=O) groups is 7. The number of fused-ring (bicyclic) bond motifs is 2. The molecular weight excluding hydrogens is 742 g/mol. The molecule has 0 aromatic heterocycles. The number of ether oxygens (including phenoxy) is 1. The third kappa shape index (κ3) is 11.2. The minimum atomic E-state index is -1.57. The van der Waals surface area contributed by atoms with Crippen molar-refractivity contribution in [3.63, 3.8) is 0 Å². The van der Waals surface area contributed by atoms with E-state index in [1.807, 2.05) is 13.0 Å². The van der Waals surface area contributed by atoms with Crippen molar-refractivity contribution >= 4 is 41.4 Å². The van der Waals surface area contributed by atoms with Crippen LogP contribution in [-0.2, 0) is 44.7 Å². The minimum absolute atomic E-state index is 0.0634. The summed E-state index contributed by atoms with van der Waals surface area (Å²) in [5.41, 5.74) is 0.0634. The zero-order valence-corrected chi connectivity index (χ0v) is 33.3. The summed E-state index contributed by atoms with van der Waals surface area (Å²) >= 11 is 0. The van der Waals surface area contributed by atoms with E-state index in [2.05, 4.69) is 16.0 Å². The SMILES string of the molecule is C[C@@H]1C[C@H]2C(=O)OC[C@H](NC(=O)[C@H](Cc3cc(F)cc(F)c3)NC(=O)C=CC3CCCCCCC3)C(=O)N3CCC[C@H]3C(=O)N(C)[C@@H](C)C(=O)N[C@@H](C)C(=O)N2C1. The molecule has 57 heavy (non-hydrogen) atoms. The zero-order valence-electron chi connectivity index (χ0n) is 33.3. The van der Waals surface area contributed by atoms with Crippen molar-refractivity contribution in [2.45, 2.75) is 128 Å². The summed E-state index contributed by atoms with van der Waals surface area (Å²) in [6.07, 6.45) is 11.1. The molecule has 0 unspecified atom stereocenters. The van der Waals surface area contributed by atoms with Crippen LogP contribution in [0.1, 0.15) is 90.5 Å². The van der Waals surface area contributed by atoms with Crippen LogP contribution in [0.5, 0.6) is 0 Å². The lowest BCUT2D eigenvalue weighted by Gasteiger charge is -2.34. The van der Waals surface area contributed by atoms with Gasteiger partial charge >= 0.3 is 5.97 Å².